The Bertz CT molecular complexity index is 637. The van der Waals surface area contributed by atoms with Crippen molar-refractivity contribution in [2.24, 2.45) is 0 Å². The Hall–Kier alpha value is -2.15. The van der Waals surface area contributed by atoms with E-state index >= 15 is 0 Å². The molecule has 0 atom stereocenters. The van der Waals surface area contributed by atoms with E-state index in [9.17, 15) is 9.18 Å². The van der Waals surface area contributed by atoms with E-state index < -0.39 is 11.2 Å². The second-order valence-corrected chi connectivity index (χ2v) is 3.26. The van der Waals surface area contributed by atoms with Crippen LogP contribution in [-0.2, 0) is 0 Å². The highest BCUT2D eigenvalue weighted by Gasteiger charge is 2.09. The van der Waals surface area contributed by atoms with Crippen LogP contribution in [0.5, 0.6) is 0 Å². The number of hydrogen-bond acceptors (Lipinski definition) is 2. The van der Waals surface area contributed by atoms with Gasteiger partial charge in [-0.3, -0.25) is 4.79 Å². The van der Waals surface area contributed by atoms with Crippen LogP contribution in [0.4, 0.5) is 4.39 Å². The number of pyridine rings is 1. The zero-order valence-electron chi connectivity index (χ0n) is 7.97. The number of nitriles is 1. The maximum Gasteiger partial charge on any atom is 0.207 e. The summed E-state index contributed by atoms with van der Waals surface area (Å²) in [5.74, 6) is -0.489. The summed E-state index contributed by atoms with van der Waals surface area (Å²) in [7, 11) is 0. The molecule has 2 rings (SSSR count). The molecule has 2 aromatic rings. The number of benzene rings is 1. The van der Waals surface area contributed by atoms with Crippen LogP contribution in [0.3, 0.4) is 0 Å². The van der Waals surface area contributed by atoms with Gasteiger partial charge in [0.15, 0.2) is 0 Å². The molecule has 1 aromatic heterocycles. The average molecular weight is 202 g/mol. The molecule has 1 heterocycles. The number of fused-ring (bicyclic) bond motifs is 1. The first-order valence-electron chi connectivity index (χ1n) is 4.35. The van der Waals surface area contributed by atoms with Gasteiger partial charge in [-0.05, 0) is 18.6 Å². The molecule has 0 fully saturated rings. The minimum atomic E-state index is -0.489. The fourth-order valence-electron chi connectivity index (χ4n) is 1.54. The predicted molar refractivity (Wildman–Crippen MR) is 54.0 cm³/mol. The topological polar surface area (TPSA) is 56.6 Å². The SMILES string of the molecule is Cc1ccc(F)c2[nH]cc(C#N)c(=O)c12. The van der Waals surface area contributed by atoms with E-state index in [0.717, 1.165) is 0 Å². The van der Waals surface area contributed by atoms with E-state index in [2.05, 4.69) is 4.98 Å². The fourth-order valence-corrected chi connectivity index (χ4v) is 1.54. The van der Waals surface area contributed by atoms with Crippen LogP contribution in [0.2, 0.25) is 0 Å². The zero-order valence-corrected chi connectivity index (χ0v) is 7.97. The lowest BCUT2D eigenvalue weighted by molar-refractivity contribution is 0.636. The molecule has 15 heavy (non-hydrogen) atoms. The fraction of sp³-hybridized carbons (Fsp3) is 0.0909. The molecule has 0 spiro atoms. The van der Waals surface area contributed by atoms with Gasteiger partial charge in [-0.25, -0.2) is 4.39 Å². The molecule has 0 bridgehead atoms. The highest BCUT2D eigenvalue weighted by Crippen LogP contribution is 2.16. The molecule has 1 N–H and O–H groups in total. The summed E-state index contributed by atoms with van der Waals surface area (Å²) in [6.45, 7) is 1.71. The molecule has 4 heteroatoms. The monoisotopic (exact) mass is 202 g/mol. The first-order valence-corrected chi connectivity index (χ1v) is 4.35. The summed E-state index contributed by atoms with van der Waals surface area (Å²) in [5, 5.41) is 8.92. The Morgan fingerprint density at radius 3 is 2.87 bits per heavy atom. The minimum Gasteiger partial charge on any atom is -0.357 e. The summed E-state index contributed by atoms with van der Waals surface area (Å²) in [6, 6.07) is 4.58. The number of nitrogens with one attached hydrogen (secondary N) is 1. The van der Waals surface area contributed by atoms with Crippen LogP contribution in [0.1, 0.15) is 11.1 Å². The lowest BCUT2D eigenvalue weighted by Crippen LogP contribution is -2.09. The molecule has 3 nitrogen and oxygen atoms in total. The van der Waals surface area contributed by atoms with Gasteiger partial charge in [-0.2, -0.15) is 5.26 Å². The summed E-state index contributed by atoms with van der Waals surface area (Å²) < 4.78 is 13.3. The van der Waals surface area contributed by atoms with E-state index in [1.54, 1.807) is 13.0 Å². The first kappa shape index (κ1) is 9.41. The van der Waals surface area contributed by atoms with Crippen molar-refractivity contribution in [3.63, 3.8) is 0 Å². The van der Waals surface area contributed by atoms with Crippen molar-refractivity contribution in [2.45, 2.75) is 6.92 Å². The Morgan fingerprint density at radius 2 is 2.20 bits per heavy atom. The van der Waals surface area contributed by atoms with Gasteiger partial charge < -0.3 is 4.98 Å². The highest BCUT2D eigenvalue weighted by molar-refractivity contribution is 5.83. The number of aryl methyl sites for hydroxylation is 1. The van der Waals surface area contributed by atoms with Crippen LogP contribution in [0, 0.1) is 24.1 Å². The molecule has 0 aliphatic rings. The molecule has 1 aromatic carbocycles. The molecular formula is C11H7FN2O. The number of halogens is 1. The van der Waals surface area contributed by atoms with Crippen molar-refractivity contribution < 1.29 is 4.39 Å². The largest absolute Gasteiger partial charge is 0.357 e. The lowest BCUT2D eigenvalue weighted by Gasteiger charge is -2.02. The molecule has 0 saturated heterocycles. The molecule has 74 valence electrons. The number of H-pyrrole nitrogens is 1. The van der Waals surface area contributed by atoms with E-state index in [1.165, 1.54) is 18.3 Å². The van der Waals surface area contributed by atoms with E-state index in [4.69, 9.17) is 5.26 Å². The van der Waals surface area contributed by atoms with Gasteiger partial charge in [-0.15, -0.1) is 0 Å². The van der Waals surface area contributed by atoms with Crippen molar-refractivity contribution in [3.05, 3.63) is 45.5 Å². The van der Waals surface area contributed by atoms with Gasteiger partial charge in [0, 0.05) is 6.20 Å². The minimum absolute atomic E-state index is 0.00352. The standard InChI is InChI=1S/C11H7FN2O/c1-6-2-3-8(12)10-9(6)11(15)7(4-13)5-14-10/h2-3,5H,1H3,(H,14,15). The predicted octanol–water partition coefficient (Wildman–Crippen LogP) is 1.85. The molecule has 0 radical (unpaired) electrons. The normalized spacial score (nSPS) is 10.2. The molecule has 0 aliphatic carbocycles. The van der Waals surface area contributed by atoms with Crippen molar-refractivity contribution in [1.82, 2.24) is 4.98 Å². The third-order valence-corrected chi connectivity index (χ3v) is 2.32. The number of aromatic amines is 1. The molecule has 0 unspecified atom stereocenters. The van der Waals surface area contributed by atoms with Gasteiger partial charge in [0.05, 0.1) is 10.9 Å². The maximum atomic E-state index is 13.3. The van der Waals surface area contributed by atoms with Crippen molar-refractivity contribution in [3.8, 4) is 6.07 Å². The first-order chi connectivity index (χ1) is 7.15. The Balaban J connectivity index is 3.07. The van der Waals surface area contributed by atoms with E-state index in [1.807, 2.05) is 0 Å². The number of nitrogens with zero attached hydrogens (tertiary/aromatic N) is 1. The second kappa shape index (κ2) is 3.21. The molecule has 0 aliphatic heterocycles. The smallest absolute Gasteiger partial charge is 0.207 e. The van der Waals surface area contributed by atoms with Crippen molar-refractivity contribution in [1.29, 1.82) is 5.26 Å². The van der Waals surface area contributed by atoms with Gasteiger partial charge in [-0.1, -0.05) is 6.07 Å². The highest BCUT2D eigenvalue weighted by atomic mass is 19.1. The number of aromatic nitrogens is 1. The van der Waals surface area contributed by atoms with Gasteiger partial charge in [0.2, 0.25) is 5.43 Å². The Kier molecular flexibility index (Phi) is 2.01. The second-order valence-electron chi connectivity index (χ2n) is 3.26. The van der Waals surface area contributed by atoms with Crippen LogP contribution in [0.25, 0.3) is 10.9 Å². The lowest BCUT2D eigenvalue weighted by atomic mass is 10.1. The van der Waals surface area contributed by atoms with Crippen LogP contribution >= 0.6 is 0 Å². The van der Waals surface area contributed by atoms with Crippen molar-refractivity contribution >= 4 is 10.9 Å². The quantitative estimate of drug-likeness (QED) is 0.708. The summed E-state index contributed by atoms with van der Waals surface area (Å²) in [5.41, 5.74) is 0.378. The maximum absolute atomic E-state index is 13.3. The zero-order chi connectivity index (χ0) is 11.0. The van der Waals surface area contributed by atoms with Crippen LogP contribution in [0.15, 0.2) is 23.1 Å². The van der Waals surface area contributed by atoms with Gasteiger partial charge in [0.1, 0.15) is 17.4 Å². The average Bonchev–Trinajstić information content (AvgIpc) is 2.23. The molecular weight excluding hydrogens is 195 g/mol. The number of rotatable bonds is 0. The molecule has 0 amide bonds. The Labute approximate surface area is 84.8 Å². The summed E-state index contributed by atoms with van der Waals surface area (Å²) in [6.07, 6.45) is 1.23. The summed E-state index contributed by atoms with van der Waals surface area (Å²) >= 11 is 0. The van der Waals surface area contributed by atoms with Crippen molar-refractivity contribution in [2.75, 3.05) is 0 Å². The third kappa shape index (κ3) is 1.29. The number of hydrogen-bond donors (Lipinski definition) is 1. The molecule has 0 saturated carbocycles. The van der Waals surface area contributed by atoms with Gasteiger partial charge in [0.25, 0.3) is 0 Å². The van der Waals surface area contributed by atoms with Crippen LogP contribution < -0.4 is 5.43 Å². The Morgan fingerprint density at radius 1 is 1.47 bits per heavy atom. The van der Waals surface area contributed by atoms with E-state index in [0.29, 0.717) is 5.56 Å². The van der Waals surface area contributed by atoms with Crippen LogP contribution in [-0.4, -0.2) is 4.98 Å². The summed E-state index contributed by atoms with van der Waals surface area (Å²) in [4.78, 5) is 14.3. The van der Waals surface area contributed by atoms with Gasteiger partial charge >= 0.3 is 0 Å². The third-order valence-electron chi connectivity index (χ3n) is 2.32. The van der Waals surface area contributed by atoms with E-state index in [-0.39, 0.29) is 16.5 Å².